The van der Waals surface area contributed by atoms with E-state index in [1.807, 2.05) is 0 Å². The molecule has 1 saturated carbocycles. The number of hydrogen-bond donors (Lipinski definition) is 1. The maximum atomic E-state index is 16.3. The van der Waals surface area contributed by atoms with E-state index in [4.69, 9.17) is 0 Å². The van der Waals surface area contributed by atoms with E-state index >= 15 is 4.39 Å². The Bertz CT molecular complexity index is 1730. The lowest BCUT2D eigenvalue weighted by Crippen LogP contribution is -2.41. The second kappa shape index (κ2) is 11.5. The molecule has 0 saturated heterocycles. The van der Waals surface area contributed by atoms with Crippen molar-refractivity contribution < 1.29 is 44.3 Å². The highest BCUT2D eigenvalue weighted by atomic mass is 19.4. The summed E-state index contributed by atoms with van der Waals surface area (Å²) >= 11 is 0. The van der Waals surface area contributed by atoms with E-state index in [1.165, 1.54) is 0 Å². The Morgan fingerprint density at radius 3 is 2.41 bits per heavy atom. The molecule has 1 aliphatic carbocycles. The molecule has 1 atom stereocenters. The number of aromatic nitrogens is 6. The fourth-order valence-corrected chi connectivity index (χ4v) is 4.67. The van der Waals surface area contributed by atoms with E-state index in [1.54, 1.807) is 0 Å². The highest BCUT2D eigenvalue weighted by Crippen LogP contribution is 2.49. The summed E-state index contributed by atoms with van der Waals surface area (Å²) in [6.45, 7) is -3.94. The molecule has 0 bridgehead atoms. The second-order valence-corrected chi connectivity index (χ2v) is 10.1. The SMILES string of the molecule is Cn1cnnc1C(F)(c1cc(-c2cnc3c(C(F)(F)F)cc(CNCCOC(F)F)cn3c2=O)nc(C2CC2)c1)C(F)(F)F. The molecule has 1 N–H and O–H groups in total. The number of alkyl halides is 9. The van der Waals surface area contributed by atoms with Gasteiger partial charge in [-0.3, -0.25) is 14.2 Å². The Morgan fingerprint density at radius 1 is 1.09 bits per heavy atom. The molecule has 4 heterocycles. The van der Waals surface area contributed by atoms with E-state index < -0.39 is 70.7 Å². The number of rotatable bonds is 10. The van der Waals surface area contributed by atoms with E-state index in [0.717, 1.165) is 36.4 Å². The molecule has 18 heteroatoms. The van der Waals surface area contributed by atoms with Gasteiger partial charge in [0.15, 0.2) is 11.5 Å². The van der Waals surface area contributed by atoms with E-state index in [0.29, 0.717) is 29.4 Å². The van der Waals surface area contributed by atoms with Gasteiger partial charge in [0, 0.05) is 49.7 Å². The van der Waals surface area contributed by atoms with Gasteiger partial charge in [0.1, 0.15) is 6.33 Å². The van der Waals surface area contributed by atoms with E-state index in [2.05, 4.69) is 30.2 Å². The molecule has 0 aliphatic heterocycles. The summed E-state index contributed by atoms with van der Waals surface area (Å²) in [7, 11) is 1.12. The molecular formula is C26H22F9N7O2. The zero-order valence-corrected chi connectivity index (χ0v) is 22.6. The van der Waals surface area contributed by atoms with Gasteiger partial charge in [-0.15, -0.1) is 10.2 Å². The van der Waals surface area contributed by atoms with E-state index in [9.17, 15) is 39.9 Å². The lowest BCUT2D eigenvalue weighted by molar-refractivity contribution is -0.222. The van der Waals surface area contributed by atoms with Crippen LogP contribution in [0.4, 0.5) is 39.5 Å². The van der Waals surface area contributed by atoms with Crippen molar-refractivity contribution in [2.45, 2.75) is 49.9 Å². The van der Waals surface area contributed by atoms with Crippen LogP contribution in [0.15, 0.2) is 41.7 Å². The molecule has 1 fully saturated rings. The number of hydrogen-bond acceptors (Lipinski definition) is 7. The molecule has 44 heavy (non-hydrogen) atoms. The van der Waals surface area contributed by atoms with Crippen LogP contribution in [0.25, 0.3) is 16.9 Å². The Kier molecular flexibility index (Phi) is 8.17. The first-order valence-electron chi connectivity index (χ1n) is 13.0. The van der Waals surface area contributed by atoms with Gasteiger partial charge in [-0.25, -0.2) is 9.37 Å². The molecule has 1 aliphatic rings. The lowest BCUT2D eigenvalue weighted by Gasteiger charge is -2.28. The van der Waals surface area contributed by atoms with Gasteiger partial charge < -0.3 is 14.6 Å². The standard InChI is InChI=1S/C26H22F9N7O2/c1-41-12-38-40-22(41)24(29,26(33,34)35)15-7-18(14-2-3-14)39-19(8-15)16-10-37-20-17(25(30,31)32)6-13(11-42(20)21(16)43)9-36-4-5-44-23(27)28/h6-8,10-12,14,23,36H,2-5,9H2,1H3. The predicted molar refractivity (Wildman–Crippen MR) is 134 cm³/mol. The third-order valence-electron chi connectivity index (χ3n) is 6.94. The normalized spacial score (nSPS) is 15.7. The van der Waals surface area contributed by atoms with Crippen LogP contribution >= 0.6 is 0 Å². The molecule has 0 radical (unpaired) electrons. The summed E-state index contributed by atoms with van der Waals surface area (Å²) < 4.78 is 131. The third-order valence-corrected chi connectivity index (χ3v) is 6.94. The van der Waals surface area contributed by atoms with Gasteiger partial charge in [0.25, 0.3) is 11.2 Å². The Hall–Kier alpha value is -4.06. The first-order valence-corrected chi connectivity index (χ1v) is 13.0. The molecule has 0 aromatic carbocycles. The minimum absolute atomic E-state index is 0.0513. The monoisotopic (exact) mass is 635 g/mol. The van der Waals surface area contributed by atoms with Crippen molar-refractivity contribution in [2.24, 2.45) is 7.05 Å². The van der Waals surface area contributed by atoms with Crippen molar-refractivity contribution >= 4 is 5.65 Å². The molecule has 9 nitrogen and oxygen atoms in total. The number of fused-ring (bicyclic) bond motifs is 1. The van der Waals surface area contributed by atoms with Crippen LogP contribution in [-0.4, -0.2) is 55.1 Å². The largest absolute Gasteiger partial charge is 0.434 e. The Labute approximate surface area is 241 Å². The van der Waals surface area contributed by atoms with Crippen molar-refractivity contribution in [3.63, 3.8) is 0 Å². The fourth-order valence-electron chi connectivity index (χ4n) is 4.67. The average molecular weight is 635 g/mol. The molecule has 5 rings (SSSR count). The van der Waals surface area contributed by atoms with Crippen molar-refractivity contribution in [3.8, 4) is 11.3 Å². The summed E-state index contributed by atoms with van der Waals surface area (Å²) in [4.78, 5) is 21.7. The van der Waals surface area contributed by atoms with Crippen molar-refractivity contribution in [3.05, 3.63) is 75.5 Å². The number of pyridine rings is 2. The third kappa shape index (κ3) is 5.99. The zero-order valence-electron chi connectivity index (χ0n) is 22.6. The Balaban J connectivity index is 1.65. The molecular weight excluding hydrogens is 613 g/mol. The van der Waals surface area contributed by atoms with Crippen molar-refractivity contribution in [2.75, 3.05) is 13.2 Å². The van der Waals surface area contributed by atoms with Gasteiger partial charge in [-0.1, -0.05) is 0 Å². The van der Waals surface area contributed by atoms with Crippen LogP contribution in [0.1, 0.15) is 47.0 Å². The fraction of sp³-hybridized carbons (Fsp3) is 0.423. The predicted octanol–water partition coefficient (Wildman–Crippen LogP) is 4.89. The number of ether oxygens (including phenoxy) is 1. The summed E-state index contributed by atoms with van der Waals surface area (Å²) in [5.41, 5.74) is -9.32. The molecule has 4 aromatic rings. The first-order chi connectivity index (χ1) is 20.6. The van der Waals surface area contributed by atoms with Crippen molar-refractivity contribution in [1.82, 2.24) is 34.4 Å². The number of nitrogens with zero attached hydrogens (tertiary/aromatic N) is 6. The molecule has 0 spiro atoms. The number of aryl methyl sites for hydroxylation is 1. The highest BCUT2D eigenvalue weighted by molar-refractivity contribution is 5.63. The van der Waals surface area contributed by atoms with Gasteiger partial charge in [-0.2, -0.15) is 35.1 Å². The van der Waals surface area contributed by atoms with Crippen LogP contribution in [0.3, 0.4) is 0 Å². The first kappa shape index (κ1) is 31.4. The molecule has 236 valence electrons. The molecule has 0 amide bonds. The quantitative estimate of drug-likeness (QED) is 0.196. The smallest absolute Gasteiger partial charge is 0.322 e. The van der Waals surface area contributed by atoms with Gasteiger partial charge in [0.05, 0.1) is 23.4 Å². The zero-order chi connectivity index (χ0) is 32.0. The van der Waals surface area contributed by atoms with Gasteiger partial charge in [0.2, 0.25) is 0 Å². The number of nitrogens with one attached hydrogen (secondary N) is 1. The van der Waals surface area contributed by atoms with Gasteiger partial charge >= 0.3 is 19.0 Å². The molecule has 4 aromatic heterocycles. The Morgan fingerprint density at radius 2 is 1.82 bits per heavy atom. The maximum absolute atomic E-state index is 16.3. The van der Waals surface area contributed by atoms with Crippen LogP contribution in [0.5, 0.6) is 0 Å². The number of halogens is 9. The molecule has 1 unspecified atom stereocenters. The minimum Gasteiger partial charge on any atom is -0.322 e. The summed E-state index contributed by atoms with van der Waals surface area (Å²) in [5.74, 6) is -1.41. The van der Waals surface area contributed by atoms with Crippen LogP contribution in [-0.2, 0) is 30.2 Å². The van der Waals surface area contributed by atoms with Crippen LogP contribution in [0.2, 0.25) is 0 Å². The van der Waals surface area contributed by atoms with Crippen LogP contribution in [0, 0.1) is 0 Å². The van der Waals surface area contributed by atoms with Crippen LogP contribution < -0.4 is 10.9 Å². The maximum Gasteiger partial charge on any atom is 0.434 e. The van der Waals surface area contributed by atoms with Gasteiger partial charge in [-0.05, 0) is 36.6 Å². The minimum atomic E-state index is -5.53. The van der Waals surface area contributed by atoms with E-state index in [-0.39, 0.29) is 30.3 Å². The highest BCUT2D eigenvalue weighted by Gasteiger charge is 2.62. The average Bonchev–Trinajstić information content (AvgIpc) is 3.71. The summed E-state index contributed by atoms with van der Waals surface area (Å²) in [6.07, 6.45) is -6.80. The topological polar surface area (TPSA) is 99.2 Å². The second-order valence-electron chi connectivity index (χ2n) is 10.1. The lowest BCUT2D eigenvalue weighted by atomic mass is 9.92. The van der Waals surface area contributed by atoms with Crippen molar-refractivity contribution in [1.29, 1.82) is 0 Å². The summed E-state index contributed by atoms with van der Waals surface area (Å²) in [6, 6.07) is 2.34. The summed E-state index contributed by atoms with van der Waals surface area (Å²) in [5, 5.41) is 9.30.